The fourth-order valence-electron chi connectivity index (χ4n) is 2.53. The number of anilines is 1. The molecule has 0 radical (unpaired) electrons. The van der Waals surface area contributed by atoms with Crippen LogP contribution in [0.2, 0.25) is 0 Å². The summed E-state index contributed by atoms with van der Waals surface area (Å²) in [4.78, 5) is 12.2. The monoisotopic (exact) mass is 260 g/mol. The molecule has 1 aliphatic rings. The molecule has 1 fully saturated rings. The number of thiophene rings is 1. The summed E-state index contributed by atoms with van der Waals surface area (Å²) in [5.41, 5.74) is 6.31. The Kier molecular flexibility index (Phi) is 2.84. The van der Waals surface area contributed by atoms with E-state index >= 15 is 0 Å². The van der Waals surface area contributed by atoms with Crippen LogP contribution in [0, 0.1) is 0 Å². The molecule has 1 aliphatic carbocycles. The van der Waals surface area contributed by atoms with Gasteiger partial charge in [0.15, 0.2) is 0 Å². The van der Waals surface area contributed by atoms with Crippen molar-refractivity contribution in [3.8, 4) is 0 Å². The predicted molar refractivity (Wildman–Crippen MR) is 75.8 cm³/mol. The molecule has 1 aromatic carbocycles. The summed E-state index contributed by atoms with van der Waals surface area (Å²) in [6, 6.07) is 8.04. The number of fused-ring (bicyclic) bond motifs is 1. The van der Waals surface area contributed by atoms with E-state index in [2.05, 4.69) is 16.8 Å². The Labute approximate surface area is 110 Å². The van der Waals surface area contributed by atoms with Crippen molar-refractivity contribution in [2.45, 2.75) is 31.2 Å². The van der Waals surface area contributed by atoms with Gasteiger partial charge in [0.05, 0.1) is 5.54 Å². The second-order valence-electron chi connectivity index (χ2n) is 4.99. The Morgan fingerprint density at radius 3 is 2.83 bits per heavy atom. The molecular weight excluding hydrogens is 244 g/mol. The third-order valence-electron chi connectivity index (χ3n) is 3.66. The van der Waals surface area contributed by atoms with Crippen LogP contribution in [0.15, 0.2) is 29.6 Å². The van der Waals surface area contributed by atoms with Gasteiger partial charge in [0, 0.05) is 10.4 Å². The number of nitrogens with two attached hydrogens (primary N) is 1. The van der Waals surface area contributed by atoms with Crippen molar-refractivity contribution in [2.75, 3.05) is 5.32 Å². The number of nitrogens with one attached hydrogen (secondary N) is 1. The van der Waals surface area contributed by atoms with E-state index in [9.17, 15) is 4.79 Å². The Morgan fingerprint density at radius 1 is 1.28 bits per heavy atom. The van der Waals surface area contributed by atoms with Crippen LogP contribution < -0.4 is 11.1 Å². The average Bonchev–Trinajstić information content (AvgIpc) is 2.98. The molecule has 1 amide bonds. The summed E-state index contributed by atoms with van der Waals surface area (Å²) in [5.74, 6) is -0.0467. The van der Waals surface area contributed by atoms with Crippen LogP contribution >= 0.6 is 11.3 Å². The van der Waals surface area contributed by atoms with E-state index in [0.29, 0.717) is 0 Å². The summed E-state index contributed by atoms with van der Waals surface area (Å²) < 4.78 is 1.23. The highest BCUT2D eigenvalue weighted by molar-refractivity contribution is 7.17. The zero-order valence-electron chi connectivity index (χ0n) is 10.1. The highest BCUT2D eigenvalue weighted by atomic mass is 32.1. The standard InChI is InChI=1S/C14H16N2OS/c15-14(6-1-2-7-14)13(17)16-11-3-4-12-10(9-11)5-8-18-12/h3-5,8-9H,1-2,6-7,15H2,(H,16,17). The molecule has 3 N–H and O–H groups in total. The molecule has 0 saturated heterocycles. The third-order valence-corrected chi connectivity index (χ3v) is 4.56. The van der Waals surface area contributed by atoms with E-state index < -0.39 is 5.54 Å². The molecule has 1 aromatic heterocycles. The molecule has 0 atom stereocenters. The van der Waals surface area contributed by atoms with Gasteiger partial charge in [-0.3, -0.25) is 4.79 Å². The normalized spacial score (nSPS) is 18.1. The van der Waals surface area contributed by atoms with Gasteiger partial charge in [-0.05, 0) is 47.9 Å². The molecule has 0 aliphatic heterocycles. The Hall–Kier alpha value is -1.39. The number of benzene rings is 1. The first-order chi connectivity index (χ1) is 8.67. The first-order valence-corrected chi connectivity index (χ1v) is 7.13. The number of carbonyl (C=O) groups is 1. The lowest BCUT2D eigenvalue weighted by atomic mass is 9.98. The largest absolute Gasteiger partial charge is 0.324 e. The van der Waals surface area contributed by atoms with Crippen molar-refractivity contribution in [1.82, 2.24) is 0 Å². The lowest BCUT2D eigenvalue weighted by Crippen LogP contribution is -2.48. The summed E-state index contributed by atoms with van der Waals surface area (Å²) in [6.07, 6.45) is 3.68. The summed E-state index contributed by atoms with van der Waals surface area (Å²) in [7, 11) is 0. The van der Waals surface area contributed by atoms with Gasteiger partial charge in [-0.15, -0.1) is 11.3 Å². The van der Waals surface area contributed by atoms with E-state index in [1.54, 1.807) is 11.3 Å². The lowest BCUT2D eigenvalue weighted by molar-refractivity contribution is -0.120. The quantitative estimate of drug-likeness (QED) is 0.871. The van der Waals surface area contributed by atoms with Crippen LogP contribution in [-0.4, -0.2) is 11.4 Å². The van der Waals surface area contributed by atoms with Gasteiger partial charge in [0.1, 0.15) is 0 Å². The molecule has 94 valence electrons. The highest BCUT2D eigenvalue weighted by Gasteiger charge is 2.36. The van der Waals surface area contributed by atoms with Crippen molar-refractivity contribution < 1.29 is 4.79 Å². The minimum absolute atomic E-state index is 0.0467. The third kappa shape index (κ3) is 2.02. The predicted octanol–water partition coefficient (Wildman–Crippen LogP) is 3.11. The van der Waals surface area contributed by atoms with Crippen molar-refractivity contribution >= 4 is 33.0 Å². The van der Waals surface area contributed by atoms with Crippen molar-refractivity contribution in [3.05, 3.63) is 29.6 Å². The fourth-order valence-corrected chi connectivity index (χ4v) is 3.30. The van der Waals surface area contributed by atoms with Crippen LogP contribution in [0.25, 0.3) is 10.1 Å². The molecule has 3 nitrogen and oxygen atoms in total. The first kappa shape index (κ1) is 11.7. The Bertz CT molecular complexity index is 584. The molecule has 1 saturated carbocycles. The number of carbonyl (C=O) groups excluding carboxylic acids is 1. The maximum atomic E-state index is 12.2. The number of amides is 1. The molecule has 0 unspecified atom stereocenters. The molecule has 18 heavy (non-hydrogen) atoms. The van der Waals surface area contributed by atoms with Gasteiger partial charge in [-0.25, -0.2) is 0 Å². The van der Waals surface area contributed by atoms with E-state index in [4.69, 9.17) is 5.73 Å². The smallest absolute Gasteiger partial charge is 0.244 e. The molecule has 0 bridgehead atoms. The van der Waals surface area contributed by atoms with E-state index in [1.165, 1.54) is 4.70 Å². The van der Waals surface area contributed by atoms with Crippen molar-refractivity contribution in [3.63, 3.8) is 0 Å². The number of hydrogen-bond donors (Lipinski definition) is 2. The topological polar surface area (TPSA) is 55.1 Å². The molecule has 0 spiro atoms. The zero-order valence-corrected chi connectivity index (χ0v) is 10.9. The van der Waals surface area contributed by atoms with Gasteiger partial charge in [0.25, 0.3) is 0 Å². The van der Waals surface area contributed by atoms with Crippen LogP contribution in [0.3, 0.4) is 0 Å². The van der Waals surface area contributed by atoms with Crippen LogP contribution in [0.4, 0.5) is 5.69 Å². The second kappa shape index (κ2) is 4.37. The Morgan fingerprint density at radius 2 is 2.06 bits per heavy atom. The minimum Gasteiger partial charge on any atom is -0.324 e. The number of rotatable bonds is 2. The van der Waals surface area contributed by atoms with E-state index in [0.717, 1.165) is 36.8 Å². The molecule has 2 aromatic rings. The van der Waals surface area contributed by atoms with Gasteiger partial charge < -0.3 is 11.1 Å². The average molecular weight is 260 g/mol. The van der Waals surface area contributed by atoms with Crippen molar-refractivity contribution in [2.24, 2.45) is 5.73 Å². The summed E-state index contributed by atoms with van der Waals surface area (Å²) in [5, 5.41) is 6.16. The van der Waals surface area contributed by atoms with Gasteiger partial charge in [0.2, 0.25) is 5.91 Å². The Balaban J connectivity index is 1.81. The number of hydrogen-bond acceptors (Lipinski definition) is 3. The fraction of sp³-hybridized carbons (Fsp3) is 0.357. The summed E-state index contributed by atoms with van der Waals surface area (Å²) in [6.45, 7) is 0. The van der Waals surface area contributed by atoms with E-state index in [1.807, 2.05) is 18.2 Å². The summed E-state index contributed by atoms with van der Waals surface area (Å²) >= 11 is 1.70. The maximum Gasteiger partial charge on any atom is 0.244 e. The molecular formula is C14H16N2OS. The first-order valence-electron chi connectivity index (χ1n) is 6.25. The SMILES string of the molecule is NC1(C(=O)Nc2ccc3sccc3c2)CCCC1. The second-order valence-corrected chi connectivity index (χ2v) is 5.94. The van der Waals surface area contributed by atoms with Crippen LogP contribution in [0.1, 0.15) is 25.7 Å². The molecule has 4 heteroatoms. The molecule has 3 rings (SSSR count). The maximum absolute atomic E-state index is 12.2. The minimum atomic E-state index is -0.663. The van der Waals surface area contributed by atoms with Crippen LogP contribution in [0.5, 0.6) is 0 Å². The van der Waals surface area contributed by atoms with Gasteiger partial charge >= 0.3 is 0 Å². The van der Waals surface area contributed by atoms with Crippen molar-refractivity contribution in [1.29, 1.82) is 0 Å². The highest BCUT2D eigenvalue weighted by Crippen LogP contribution is 2.29. The zero-order chi connectivity index (χ0) is 12.6. The van der Waals surface area contributed by atoms with Gasteiger partial charge in [-0.2, -0.15) is 0 Å². The lowest BCUT2D eigenvalue weighted by Gasteiger charge is -2.22. The molecule has 1 heterocycles. The van der Waals surface area contributed by atoms with Crippen LogP contribution in [-0.2, 0) is 4.79 Å². The van der Waals surface area contributed by atoms with Gasteiger partial charge in [-0.1, -0.05) is 12.8 Å². The van der Waals surface area contributed by atoms with E-state index in [-0.39, 0.29) is 5.91 Å².